The monoisotopic (exact) mass is 292 g/mol. The van der Waals surface area contributed by atoms with Crippen LogP contribution in [-0.4, -0.2) is 26.5 Å². The van der Waals surface area contributed by atoms with Crippen LogP contribution >= 0.6 is 24.2 Å². The molecule has 0 spiro atoms. The molecule has 0 aliphatic carbocycles. The Bertz CT molecular complexity index is 390. The fourth-order valence-corrected chi connectivity index (χ4v) is 1.87. The molecule has 1 aromatic rings. The van der Waals surface area contributed by atoms with Gasteiger partial charge in [-0.15, -0.1) is 12.4 Å². The summed E-state index contributed by atoms with van der Waals surface area (Å²) in [6.45, 7) is 0. The van der Waals surface area contributed by atoms with Crippen molar-refractivity contribution < 1.29 is 14.2 Å². The lowest BCUT2D eigenvalue weighted by Gasteiger charge is -2.13. The lowest BCUT2D eigenvalue weighted by atomic mass is 10.2. The zero-order valence-corrected chi connectivity index (χ0v) is 12.1. The summed E-state index contributed by atoms with van der Waals surface area (Å²) < 4.78 is 15.7. The van der Waals surface area contributed by atoms with Gasteiger partial charge in [0, 0.05) is 5.75 Å². The molecule has 1 aromatic carbocycles. The first-order valence-electron chi connectivity index (χ1n) is 4.88. The summed E-state index contributed by atoms with van der Waals surface area (Å²) in [4.78, 5) is 0. The van der Waals surface area contributed by atoms with Crippen molar-refractivity contribution >= 4 is 29.3 Å². The number of rotatable bonds is 5. The zero-order chi connectivity index (χ0) is 12.8. The fourth-order valence-electron chi connectivity index (χ4n) is 1.38. The van der Waals surface area contributed by atoms with Crippen LogP contribution in [0.1, 0.15) is 5.56 Å². The lowest BCUT2D eigenvalue weighted by molar-refractivity contribution is 0.324. The van der Waals surface area contributed by atoms with Crippen molar-refractivity contribution in [1.82, 2.24) is 0 Å². The summed E-state index contributed by atoms with van der Waals surface area (Å²) in [6, 6.07) is 3.69. The Balaban J connectivity index is 0.00000289. The van der Waals surface area contributed by atoms with Gasteiger partial charge in [0.2, 0.25) is 5.75 Å². The van der Waals surface area contributed by atoms with Crippen LogP contribution in [0, 0.1) is 5.41 Å². The van der Waals surface area contributed by atoms with Crippen molar-refractivity contribution in [2.45, 2.75) is 5.75 Å². The molecule has 0 unspecified atom stereocenters. The molecule has 0 atom stereocenters. The summed E-state index contributed by atoms with van der Waals surface area (Å²) in [5, 5.41) is 7.25. The number of methoxy groups -OCH3 is 3. The standard InChI is InChI=1S/C11H16N2O3S.ClH/c1-14-8-4-7(6-17-11(12)13)5-9(15-2)10(8)16-3;/h4-5H,6H2,1-3H3,(H3,12,13);1H. The molecule has 0 aliphatic rings. The Hall–Kier alpha value is -1.27. The van der Waals surface area contributed by atoms with Crippen molar-refractivity contribution in [2.24, 2.45) is 5.73 Å². The van der Waals surface area contributed by atoms with Gasteiger partial charge in [-0.3, -0.25) is 5.41 Å². The van der Waals surface area contributed by atoms with Gasteiger partial charge in [-0.05, 0) is 17.7 Å². The number of benzene rings is 1. The summed E-state index contributed by atoms with van der Waals surface area (Å²) in [6.07, 6.45) is 0. The maximum absolute atomic E-state index is 7.17. The molecule has 0 saturated heterocycles. The number of nitrogens with two attached hydrogens (primary N) is 1. The van der Waals surface area contributed by atoms with Gasteiger partial charge < -0.3 is 19.9 Å². The SMILES string of the molecule is COc1cc(CSC(=N)N)cc(OC)c1OC.Cl. The van der Waals surface area contributed by atoms with E-state index < -0.39 is 0 Å². The van der Waals surface area contributed by atoms with Gasteiger partial charge in [0.25, 0.3) is 0 Å². The van der Waals surface area contributed by atoms with E-state index in [4.69, 9.17) is 25.4 Å². The largest absolute Gasteiger partial charge is 0.493 e. The molecular formula is C11H17ClN2O3S. The second kappa shape index (κ2) is 7.94. The van der Waals surface area contributed by atoms with E-state index in [1.165, 1.54) is 11.8 Å². The predicted octanol–water partition coefficient (Wildman–Crippen LogP) is 2.26. The van der Waals surface area contributed by atoms with Gasteiger partial charge in [0.15, 0.2) is 16.7 Å². The van der Waals surface area contributed by atoms with E-state index in [1.807, 2.05) is 12.1 Å². The average molecular weight is 293 g/mol. The van der Waals surface area contributed by atoms with Crippen LogP contribution in [0.3, 0.4) is 0 Å². The average Bonchev–Trinajstić information content (AvgIpc) is 2.34. The van der Waals surface area contributed by atoms with Crippen LogP contribution in [0.25, 0.3) is 0 Å². The molecular weight excluding hydrogens is 276 g/mol. The predicted molar refractivity (Wildman–Crippen MR) is 76.6 cm³/mol. The second-order valence-corrected chi connectivity index (χ2v) is 4.20. The summed E-state index contributed by atoms with van der Waals surface area (Å²) >= 11 is 1.25. The lowest BCUT2D eigenvalue weighted by Crippen LogP contribution is -2.04. The number of nitrogens with one attached hydrogen (secondary N) is 1. The Labute approximate surface area is 117 Å². The van der Waals surface area contributed by atoms with Crippen molar-refractivity contribution in [1.29, 1.82) is 5.41 Å². The molecule has 0 aliphatic heterocycles. The van der Waals surface area contributed by atoms with E-state index >= 15 is 0 Å². The fraction of sp³-hybridized carbons (Fsp3) is 0.364. The number of hydrogen-bond acceptors (Lipinski definition) is 5. The van der Waals surface area contributed by atoms with Crippen LogP contribution < -0.4 is 19.9 Å². The van der Waals surface area contributed by atoms with E-state index in [-0.39, 0.29) is 17.6 Å². The van der Waals surface area contributed by atoms with Gasteiger partial charge in [-0.2, -0.15) is 0 Å². The molecule has 0 amide bonds. The molecule has 102 valence electrons. The first kappa shape index (κ1) is 16.7. The topological polar surface area (TPSA) is 77.6 Å². The minimum Gasteiger partial charge on any atom is -0.493 e. The first-order valence-corrected chi connectivity index (χ1v) is 5.86. The molecule has 18 heavy (non-hydrogen) atoms. The number of hydrogen-bond donors (Lipinski definition) is 2. The molecule has 0 radical (unpaired) electrons. The van der Waals surface area contributed by atoms with Gasteiger partial charge in [0.05, 0.1) is 21.3 Å². The van der Waals surface area contributed by atoms with E-state index in [1.54, 1.807) is 21.3 Å². The highest BCUT2D eigenvalue weighted by Gasteiger charge is 2.13. The summed E-state index contributed by atoms with van der Waals surface area (Å²) in [5.41, 5.74) is 6.25. The van der Waals surface area contributed by atoms with Crippen LogP contribution in [0.15, 0.2) is 12.1 Å². The van der Waals surface area contributed by atoms with Crippen LogP contribution in [-0.2, 0) is 5.75 Å². The third-order valence-corrected chi connectivity index (χ3v) is 2.91. The van der Waals surface area contributed by atoms with E-state index in [9.17, 15) is 0 Å². The minimum atomic E-state index is 0. The molecule has 1 rings (SSSR count). The third kappa shape index (κ3) is 4.19. The highest BCUT2D eigenvalue weighted by molar-refractivity contribution is 8.13. The maximum atomic E-state index is 7.17. The molecule has 0 saturated carbocycles. The Morgan fingerprint density at radius 1 is 1.17 bits per heavy atom. The smallest absolute Gasteiger partial charge is 0.203 e. The van der Waals surface area contributed by atoms with Crippen molar-refractivity contribution in [3.8, 4) is 17.2 Å². The van der Waals surface area contributed by atoms with Crippen LogP contribution in [0.5, 0.6) is 17.2 Å². The van der Waals surface area contributed by atoms with Crippen molar-refractivity contribution in [3.05, 3.63) is 17.7 Å². The molecule has 5 nitrogen and oxygen atoms in total. The second-order valence-electron chi connectivity index (χ2n) is 3.19. The quantitative estimate of drug-likeness (QED) is 0.643. The summed E-state index contributed by atoms with van der Waals surface area (Å²) in [5.74, 6) is 2.36. The molecule has 0 bridgehead atoms. The molecule has 3 N–H and O–H groups in total. The Morgan fingerprint density at radius 3 is 2.00 bits per heavy atom. The number of ether oxygens (including phenoxy) is 3. The zero-order valence-electron chi connectivity index (χ0n) is 10.5. The summed E-state index contributed by atoms with van der Waals surface area (Å²) in [7, 11) is 4.70. The third-order valence-electron chi connectivity index (χ3n) is 2.12. The maximum Gasteiger partial charge on any atom is 0.203 e. The van der Waals surface area contributed by atoms with Gasteiger partial charge in [0.1, 0.15) is 0 Å². The number of thioether (sulfide) groups is 1. The first-order chi connectivity index (χ1) is 8.12. The van der Waals surface area contributed by atoms with Crippen molar-refractivity contribution in [3.63, 3.8) is 0 Å². The number of halogens is 1. The molecule has 0 heterocycles. The van der Waals surface area contributed by atoms with Crippen LogP contribution in [0.4, 0.5) is 0 Å². The molecule has 0 aromatic heterocycles. The molecule has 0 fully saturated rings. The van der Waals surface area contributed by atoms with Crippen molar-refractivity contribution in [2.75, 3.05) is 21.3 Å². The Morgan fingerprint density at radius 2 is 1.67 bits per heavy atom. The molecule has 7 heteroatoms. The van der Waals surface area contributed by atoms with Gasteiger partial charge >= 0.3 is 0 Å². The van der Waals surface area contributed by atoms with E-state index in [0.717, 1.165) is 5.56 Å². The Kier molecular flexibility index (Phi) is 7.38. The minimum absolute atomic E-state index is 0. The normalized spacial score (nSPS) is 9.28. The van der Waals surface area contributed by atoms with Gasteiger partial charge in [-0.1, -0.05) is 11.8 Å². The van der Waals surface area contributed by atoms with Gasteiger partial charge in [-0.25, -0.2) is 0 Å². The van der Waals surface area contributed by atoms with E-state index in [0.29, 0.717) is 23.0 Å². The van der Waals surface area contributed by atoms with E-state index in [2.05, 4.69) is 0 Å². The van der Waals surface area contributed by atoms with Crippen LogP contribution in [0.2, 0.25) is 0 Å². The highest BCUT2D eigenvalue weighted by atomic mass is 35.5. The highest BCUT2D eigenvalue weighted by Crippen LogP contribution is 2.38. The number of amidine groups is 1.